The molecule has 52 valence electrons. The van der Waals surface area contributed by atoms with E-state index in [4.69, 9.17) is 4.55 Å². The van der Waals surface area contributed by atoms with Gasteiger partial charge in [-0.25, -0.2) is 4.79 Å². The first kappa shape index (κ1) is 8.12. The van der Waals surface area contributed by atoms with E-state index < -0.39 is 16.4 Å². The lowest BCUT2D eigenvalue weighted by Gasteiger charge is -1.91. The van der Waals surface area contributed by atoms with Crippen molar-refractivity contribution in [1.29, 1.82) is 0 Å². The van der Waals surface area contributed by atoms with Gasteiger partial charge in [-0.1, -0.05) is 6.58 Å². The molecule has 0 saturated carbocycles. The van der Waals surface area contributed by atoms with Crippen molar-refractivity contribution >= 4 is 16.4 Å². The van der Waals surface area contributed by atoms with E-state index in [1.165, 1.54) is 0 Å². The zero-order valence-electron chi connectivity index (χ0n) is 4.27. The summed E-state index contributed by atoms with van der Waals surface area (Å²) in [7, 11) is -4.66. The molecule has 0 bridgehead atoms. The normalized spacial score (nSPS) is 10.3. The highest BCUT2D eigenvalue weighted by atomic mass is 32.3. The van der Waals surface area contributed by atoms with Crippen molar-refractivity contribution in [1.82, 2.24) is 0 Å². The molecule has 0 aromatic heterocycles. The van der Waals surface area contributed by atoms with Crippen LogP contribution in [-0.2, 0) is 19.4 Å². The molecule has 0 unspecified atom stereocenters. The van der Waals surface area contributed by atoms with Crippen molar-refractivity contribution in [3.8, 4) is 0 Å². The van der Waals surface area contributed by atoms with E-state index in [1.54, 1.807) is 0 Å². The number of rotatable bonds is 2. The highest BCUT2D eigenvalue weighted by molar-refractivity contribution is 7.81. The summed E-state index contributed by atoms with van der Waals surface area (Å²) in [6.45, 7) is 2.89. The van der Waals surface area contributed by atoms with Crippen LogP contribution in [0.15, 0.2) is 12.7 Å². The fraction of sp³-hybridized carbons (Fsp3) is 0. The van der Waals surface area contributed by atoms with Gasteiger partial charge in [0.25, 0.3) is 0 Å². The Labute approximate surface area is 51.9 Å². The Hall–Kier alpha value is -0.880. The maximum Gasteiger partial charge on any atom is 0.449 e. The summed E-state index contributed by atoms with van der Waals surface area (Å²) >= 11 is 0. The molecule has 9 heavy (non-hydrogen) atoms. The Balaban J connectivity index is 4.06. The van der Waals surface area contributed by atoms with Crippen LogP contribution < -0.4 is 0 Å². The van der Waals surface area contributed by atoms with Gasteiger partial charge >= 0.3 is 16.4 Å². The molecule has 0 rings (SSSR count). The topological polar surface area (TPSA) is 80.7 Å². The minimum atomic E-state index is -4.66. The smallest absolute Gasteiger partial charge is 0.321 e. The summed E-state index contributed by atoms with van der Waals surface area (Å²) in [5.41, 5.74) is 0. The molecule has 0 radical (unpaired) electrons. The van der Waals surface area contributed by atoms with Crippen molar-refractivity contribution in [3.05, 3.63) is 12.7 Å². The van der Waals surface area contributed by atoms with E-state index in [-0.39, 0.29) is 0 Å². The van der Waals surface area contributed by atoms with Crippen molar-refractivity contribution in [2.75, 3.05) is 0 Å². The van der Waals surface area contributed by atoms with Crippen LogP contribution >= 0.6 is 0 Å². The summed E-state index contributed by atoms with van der Waals surface area (Å²) in [6.07, 6.45) is 0.619. The minimum Gasteiger partial charge on any atom is -0.321 e. The van der Waals surface area contributed by atoms with Gasteiger partial charge in [-0.2, -0.15) is 8.42 Å². The van der Waals surface area contributed by atoms with Crippen LogP contribution in [0, 0.1) is 0 Å². The molecule has 0 aliphatic rings. The number of hydrogen-bond acceptors (Lipinski definition) is 4. The first-order valence-corrected chi connectivity index (χ1v) is 3.15. The van der Waals surface area contributed by atoms with Crippen molar-refractivity contribution in [2.24, 2.45) is 0 Å². The van der Waals surface area contributed by atoms with Gasteiger partial charge in [0.15, 0.2) is 0 Å². The summed E-state index contributed by atoms with van der Waals surface area (Å²) in [4.78, 5) is 9.95. The maximum absolute atomic E-state index is 9.95. The Morgan fingerprint density at radius 3 is 2.22 bits per heavy atom. The molecule has 0 aliphatic heterocycles. The lowest BCUT2D eigenvalue weighted by Crippen LogP contribution is -2.08. The molecule has 0 amide bonds. The van der Waals surface area contributed by atoms with Gasteiger partial charge in [0, 0.05) is 6.08 Å². The van der Waals surface area contributed by atoms with Crippen LogP contribution in [0.1, 0.15) is 0 Å². The molecule has 0 heterocycles. The van der Waals surface area contributed by atoms with Crippen LogP contribution in [0.4, 0.5) is 0 Å². The van der Waals surface area contributed by atoms with Crippen LogP contribution in [0.5, 0.6) is 0 Å². The molecular formula is C3H4O5S. The van der Waals surface area contributed by atoms with E-state index in [0.717, 1.165) is 0 Å². The minimum absolute atomic E-state index is 0.619. The van der Waals surface area contributed by atoms with Crippen LogP contribution in [0.3, 0.4) is 0 Å². The summed E-state index contributed by atoms with van der Waals surface area (Å²) in [6, 6.07) is 0. The van der Waals surface area contributed by atoms with Gasteiger partial charge in [-0.15, -0.1) is 0 Å². The van der Waals surface area contributed by atoms with Crippen LogP contribution in [-0.4, -0.2) is 18.9 Å². The molecule has 0 aliphatic carbocycles. The second-order valence-corrected chi connectivity index (χ2v) is 2.06. The number of hydrogen-bond donors (Lipinski definition) is 1. The number of carbonyl (C=O) groups excluding carboxylic acids is 1. The molecule has 0 fully saturated rings. The molecule has 1 N–H and O–H groups in total. The quantitative estimate of drug-likeness (QED) is 0.427. The van der Waals surface area contributed by atoms with E-state index in [1.807, 2.05) is 0 Å². The molecule has 5 nitrogen and oxygen atoms in total. The third-order valence-electron chi connectivity index (χ3n) is 0.354. The molecular weight excluding hydrogens is 148 g/mol. The summed E-state index contributed by atoms with van der Waals surface area (Å²) in [5.74, 6) is -1.21. The average Bonchev–Trinajstić information content (AvgIpc) is 1.62. The predicted molar refractivity (Wildman–Crippen MR) is 27.8 cm³/mol. The monoisotopic (exact) mass is 152 g/mol. The third kappa shape index (κ3) is 4.98. The van der Waals surface area contributed by atoms with Crippen molar-refractivity contribution in [2.45, 2.75) is 0 Å². The second-order valence-electron chi connectivity index (χ2n) is 1.03. The Morgan fingerprint density at radius 2 is 2.11 bits per heavy atom. The zero-order chi connectivity index (χ0) is 7.49. The van der Waals surface area contributed by atoms with Gasteiger partial charge in [-0.05, 0) is 0 Å². The summed E-state index contributed by atoms with van der Waals surface area (Å²) in [5, 5.41) is 0. The van der Waals surface area contributed by atoms with Crippen molar-refractivity contribution in [3.63, 3.8) is 0 Å². The Morgan fingerprint density at radius 1 is 1.67 bits per heavy atom. The van der Waals surface area contributed by atoms with E-state index in [0.29, 0.717) is 6.08 Å². The number of carbonyl (C=O) groups is 1. The van der Waals surface area contributed by atoms with E-state index >= 15 is 0 Å². The Bertz CT molecular complexity index is 212. The highest BCUT2D eigenvalue weighted by Gasteiger charge is 2.07. The second kappa shape index (κ2) is 2.60. The average molecular weight is 152 g/mol. The molecule has 0 saturated heterocycles. The van der Waals surface area contributed by atoms with Gasteiger partial charge in [-0.3, -0.25) is 4.55 Å². The van der Waals surface area contributed by atoms with Crippen LogP contribution in [0.2, 0.25) is 0 Å². The first-order chi connectivity index (χ1) is 3.95. The van der Waals surface area contributed by atoms with E-state index in [9.17, 15) is 13.2 Å². The lowest BCUT2D eigenvalue weighted by atomic mass is 10.7. The first-order valence-electron chi connectivity index (χ1n) is 1.79. The van der Waals surface area contributed by atoms with Gasteiger partial charge < -0.3 is 4.18 Å². The zero-order valence-corrected chi connectivity index (χ0v) is 5.09. The Kier molecular flexibility index (Phi) is 2.35. The van der Waals surface area contributed by atoms with Gasteiger partial charge in [0.2, 0.25) is 0 Å². The van der Waals surface area contributed by atoms with Gasteiger partial charge in [0.05, 0.1) is 0 Å². The fourth-order valence-electron chi connectivity index (χ4n) is 0.138. The molecule has 0 spiro atoms. The standard InChI is InChI=1S/C3H4O5S/c1-2-3(4)8-9(5,6)7/h2H,1H2,(H,5,6,7). The molecule has 0 atom stereocenters. The summed E-state index contributed by atoms with van der Waals surface area (Å²) < 4.78 is 30.5. The predicted octanol–water partition coefficient (Wildman–Crippen LogP) is -0.482. The largest absolute Gasteiger partial charge is 0.449 e. The lowest BCUT2D eigenvalue weighted by molar-refractivity contribution is -0.128. The van der Waals surface area contributed by atoms with Gasteiger partial charge in [0.1, 0.15) is 0 Å². The van der Waals surface area contributed by atoms with Crippen molar-refractivity contribution < 1.29 is 21.9 Å². The third-order valence-corrected chi connectivity index (χ3v) is 0.729. The fourth-order valence-corrected chi connectivity index (χ4v) is 0.413. The molecule has 0 aromatic carbocycles. The van der Waals surface area contributed by atoms with Crippen LogP contribution in [0.25, 0.3) is 0 Å². The molecule has 0 aromatic rings. The maximum atomic E-state index is 9.95. The van der Waals surface area contributed by atoms with E-state index in [2.05, 4.69) is 10.8 Å². The SMILES string of the molecule is C=CC(=O)OS(=O)(=O)O. The molecule has 6 heteroatoms. The highest BCUT2D eigenvalue weighted by Crippen LogP contribution is 1.86.